The highest BCUT2D eigenvalue weighted by molar-refractivity contribution is 6.66. The first-order valence-corrected chi connectivity index (χ1v) is 10.5. The third kappa shape index (κ3) is 5.60. The van der Waals surface area contributed by atoms with Crippen LogP contribution in [0.1, 0.15) is 37.0 Å². The first-order chi connectivity index (χ1) is 13.4. The van der Waals surface area contributed by atoms with Crippen molar-refractivity contribution in [2.45, 2.75) is 36.0 Å². The van der Waals surface area contributed by atoms with E-state index in [-0.39, 0.29) is 11.9 Å². The summed E-state index contributed by atoms with van der Waals surface area (Å²) < 4.78 is 3.70. The normalized spacial score (nSPS) is 18.1. The molecule has 1 aromatic carbocycles. The summed E-state index contributed by atoms with van der Waals surface area (Å²) in [6.07, 6.45) is 2.62. The van der Waals surface area contributed by atoms with E-state index in [0.717, 1.165) is 43.8 Å². The van der Waals surface area contributed by atoms with E-state index in [0.29, 0.717) is 18.2 Å². The van der Waals surface area contributed by atoms with Crippen LogP contribution in [0.15, 0.2) is 24.3 Å². The van der Waals surface area contributed by atoms with Crippen LogP contribution in [0.4, 0.5) is 5.95 Å². The zero-order chi connectivity index (χ0) is 20.1. The van der Waals surface area contributed by atoms with Gasteiger partial charge in [-0.05, 0) is 32.0 Å². The molecule has 0 spiro atoms. The Morgan fingerprint density at radius 3 is 2.71 bits per heavy atom. The minimum atomic E-state index is -1.73. The fraction of sp³-hybridized carbons (Fsp3) is 0.526. The molecule has 6 nitrogen and oxygen atoms in total. The van der Waals surface area contributed by atoms with E-state index >= 15 is 0 Å². The molecule has 1 atom stereocenters. The fourth-order valence-corrected chi connectivity index (χ4v) is 3.61. The number of rotatable bonds is 6. The number of anilines is 1. The molecule has 1 N–H and O–H groups in total. The second-order valence-electron chi connectivity index (χ2n) is 6.76. The zero-order valence-electron chi connectivity index (χ0n) is 16.0. The Morgan fingerprint density at radius 1 is 1.21 bits per heavy atom. The average molecular weight is 445 g/mol. The minimum absolute atomic E-state index is 0.114. The van der Waals surface area contributed by atoms with Crippen molar-refractivity contribution in [2.75, 3.05) is 32.1 Å². The monoisotopic (exact) mass is 443 g/mol. The Labute approximate surface area is 180 Å². The number of methoxy groups -OCH3 is 1. The Hall–Kier alpha value is -1.34. The summed E-state index contributed by atoms with van der Waals surface area (Å²) in [6.45, 7) is 5.24. The third-order valence-corrected chi connectivity index (χ3v) is 5.27. The van der Waals surface area contributed by atoms with Crippen LogP contribution in [-0.4, -0.2) is 52.6 Å². The van der Waals surface area contributed by atoms with Crippen molar-refractivity contribution in [3.63, 3.8) is 0 Å². The number of likely N-dealkylation sites (tertiary alicyclic amines) is 1. The predicted molar refractivity (Wildman–Crippen MR) is 114 cm³/mol. The van der Waals surface area contributed by atoms with Gasteiger partial charge in [-0.3, -0.25) is 0 Å². The van der Waals surface area contributed by atoms with Crippen molar-refractivity contribution in [1.29, 1.82) is 0 Å². The van der Waals surface area contributed by atoms with Gasteiger partial charge in [-0.2, -0.15) is 9.97 Å². The van der Waals surface area contributed by atoms with Crippen LogP contribution < -0.4 is 10.1 Å². The van der Waals surface area contributed by atoms with Gasteiger partial charge >= 0.3 is 0 Å². The number of likely N-dealkylation sites (N-methyl/N-ethyl adjacent to an activating group) is 1. The molecule has 152 valence electrons. The van der Waals surface area contributed by atoms with Gasteiger partial charge in [-0.15, -0.1) is 0 Å². The molecule has 0 aliphatic carbocycles. The summed E-state index contributed by atoms with van der Waals surface area (Å²) in [5.74, 6) is 1.83. The molecule has 1 aliphatic heterocycles. The molecule has 2 aromatic rings. The highest BCUT2D eigenvalue weighted by atomic mass is 35.6. The molecule has 0 saturated carbocycles. The second-order valence-corrected chi connectivity index (χ2v) is 9.04. The van der Waals surface area contributed by atoms with Crippen LogP contribution >= 0.6 is 34.8 Å². The SMILES string of the molecule is CCN1CCCC(Nc2nc(Cc3ccccc3OC)nc(C(Cl)(Cl)Cl)n2)C1. The van der Waals surface area contributed by atoms with Crippen molar-refractivity contribution in [1.82, 2.24) is 19.9 Å². The van der Waals surface area contributed by atoms with Gasteiger partial charge in [0.15, 0.2) is 5.82 Å². The molecule has 28 heavy (non-hydrogen) atoms. The summed E-state index contributed by atoms with van der Waals surface area (Å²) in [5.41, 5.74) is 0.951. The maximum atomic E-state index is 6.07. The van der Waals surface area contributed by atoms with Gasteiger partial charge < -0.3 is 15.0 Å². The zero-order valence-corrected chi connectivity index (χ0v) is 18.2. The van der Waals surface area contributed by atoms with Crippen LogP contribution in [0.5, 0.6) is 5.75 Å². The lowest BCUT2D eigenvalue weighted by Gasteiger charge is -2.32. The first kappa shape index (κ1) is 21.4. The Bertz CT molecular complexity index is 799. The van der Waals surface area contributed by atoms with Gasteiger partial charge in [0, 0.05) is 24.6 Å². The number of nitrogens with zero attached hydrogens (tertiary/aromatic N) is 4. The number of hydrogen-bond donors (Lipinski definition) is 1. The van der Waals surface area contributed by atoms with E-state index < -0.39 is 3.79 Å². The lowest BCUT2D eigenvalue weighted by molar-refractivity contribution is 0.226. The Kier molecular flexibility index (Phi) is 7.20. The molecule has 1 fully saturated rings. The smallest absolute Gasteiger partial charge is 0.250 e. The van der Waals surface area contributed by atoms with Gasteiger partial charge in [0.1, 0.15) is 11.6 Å². The van der Waals surface area contributed by atoms with Gasteiger partial charge in [-0.25, -0.2) is 4.98 Å². The lowest BCUT2D eigenvalue weighted by atomic mass is 10.1. The summed E-state index contributed by atoms with van der Waals surface area (Å²) >= 11 is 18.2. The topological polar surface area (TPSA) is 63.2 Å². The van der Waals surface area contributed by atoms with Crippen LogP contribution in [0.25, 0.3) is 0 Å². The fourth-order valence-electron chi connectivity index (χ4n) is 3.35. The predicted octanol–water partition coefficient (Wildman–Crippen LogP) is 4.19. The Morgan fingerprint density at radius 2 is 2.00 bits per heavy atom. The van der Waals surface area contributed by atoms with Crippen molar-refractivity contribution < 1.29 is 4.74 Å². The van der Waals surface area contributed by atoms with E-state index in [9.17, 15) is 0 Å². The van der Waals surface area contributed by atoms with Crippen molar-refractivity contribution in [2.24, 2.45) is 0 Å². The molecule has 1 aromatic heterocycles. The van der Waals surface area contributed by atoms with E-state index in [2.05, 4.69) is 32.1 Å². The summed E-state index contributed by atoms with van der Waals surface area (Å²) in [5, 5.41) is 3.40. The molecule has 1 unspecified atom stereocenters. The number of para-hydroxylation sites is 1. The van der Waals surface area contributed by atoms with Gasteiger partial charge in [0.25, 0.3) is 0 Å². The summed E-state index contributed by atoms with van der Waals surface area (Å²) in [6, 6.07) is 7.96. The first-order valence-electron chi connectivity index (χ1n) is 9.32. The number of ether oxygens (including phenoxy) is 1. The third-order valence-electron chi connectivity index (χ3n) is 4.76. The molecule has 0 radical (unpaired) electrons. The number of benzene rings is 1. The molecular formula is C19H24Cl3N5O. The van der Waals surface area contributed by atoms with Gasteiger partial charge in [-0.1, -0.05) is 59.9 Å². The quantitative estimate of drug-likeness (QED) is 0.674. The maximum absolute atomic E-state index is 6.07. The number of halogens is 3. The molecular weight excluding hydrogens is 421 g/mol. The standard InChI is InChI=1S/C19H24Cl3N5O/c1-3-27-10-6-8-14(12-27)23-18-25-16(24-17(26-18)19(20,21)22)11-13-7-4-5-9-15(13)28-2/h4-5,7,9,14H,3,6,8,10-12H2,1-2H3,(H,23,24,25,26). The molecule has 0 bridgehead atoms. The number of alkyl halides is 3. The maximum Gasteiger partial charge on any atom is 0.250 e. The van der Waals surface area contributed by atoms with Gasteiger partial charge in [0.05, 0.1) is 7.11 Å². The van der Waals surface area contributed by atoms with Crippen molar-refractivity contribution in [3.8, 4) is 5.75 Å². The Balaban J connectivity index is 1.87. The molecule has 1 saturated heterocycles. The van der Waals surface area contributed by atoms with E-state index in [4.69, 9.17) is 39.5 Å². The number of hydrogen-bond acceptors (Lipinski definition) is 6. The highest BCUT2D eigenvalue weighted by Gasteiger charge is 2.29. The van der Waals surface area contributed by atoms with E-state index in [1.54, 1.807) is 7.11 Å². The minimum Gasteiger partial charge on any atom is -0.496 e. The number of piperidine rings is 1. The highest BCUT2D eigenvalue weighted by Crippen LogP contribution is 2.36. The van der Waals surface area contributed by atoms with E-state index in [1.807, 2.05) is 24.3 Å². The molecule has 1 aliphatic rings. The summed E-state index contributed by atoms with van der Waals surface area (Å²) in [4.78, 5) is 15.7. The van der Waals surface area contributed by atoms with E-state index in [1.165, 1.54) is 0 Å². The van der Waals surface area contributed by atoms with Gasteiger partial charge in [0.2, 0.25) is 9.74 Å². The van der Waals surface area contributed by atoms with Crippen LogP contribution in [-0.2, 0) is 10.2 Å². The van der Waals surface area contributed by atoms with Crippen LogP contribution in [0, 0.1) is 0 Å². The number of aromatic nitrogens is 3. The molecule has 0 amide bonds. The van der Waals surface area contributed by atoms with Crippen molar-refractivity contribution >= 4 is 40.8 Å². The largest absolute Gasteiger partial charge is 0.496 e. The second kappa shape index (κ2) is 9.44. The summed E-state index contributed by atoms with van der Waals surface area (Å²) in [7, 11) is 1.63. The molecule has 9 heteroatoms. The molecule has 3 rings (SSSR count). The van der Waals surface area contributed by atoms with Crippen molar-refractivity contribution in [3.05, 3.63) is 41.5 Å². The average Bonchev–Trinajstić information content (AvgIpc) is 2.67. The lowest BCUT2D eigenvalue weighted by Crippen LogP contribution is -2.42. The molecule has 2 heterocycles. The van der Waals surface area contributed by atoms with Crippen LogP contribution in [0.3, 0.4) is 0 Å². The van der Waals surface area contributed by atoms with Crippen LogP contribution in [0.2, 0.25) is 0 Å². The number of nitrogens with one attached hydrogen (secondary N) is 1.